The van der Waals surface area contributed by atoms with Crippen LogP contribution in [-0.2, 0) is 10.8 Å². The first-order chi connectivity index (χ1) is 34.3. The van der Waals surface area contributed by atoms with Crippen LogP contribution >= 0.6 is 0 Å². The summed E-state index contributed by atoms with van der Waals surface area (Å²) in [5.41, 5.74) is 12.3. The van der Waals surface area contributed by atoms with Crippen LogP contribution in [0.3, 0.4) is 0 Å². The van der Waals surface area contributed by atoms with Gasteiger partial charge in [0.25, 0.3) is 0 Å². The number of fused-ring (bicyclic) bond motifs is 6. The maximum absolute atomic E-state index is 7.15. The van der Waals surface area contributed by atoms with Gasteiger partial charge in [-0.25, -0.2) is 0 Å². The minimum absolute atomic E-state index is 0.0911. The number of hydrogen-bond donors (Lipinski definition) is 0. The van der Waals surface area contributed by atoms with Crippen molar-refractivity contribution in [3.05, 3.63) is 181 Å². The lowest BCUT2D eigenvalue weighted by Gasteiger charge is -2.30. The highest BCUT2D eigenvalue weighted by Gasteiger charge is 2.29. The number of rotatable bonds is 8. The number of furan rings is 2. The molecule has 0 radical (unpaired) electrons. The molecule has 12 rings (SSSR count). The van der Waals surface area contributed by atoms with Crippen molar-refractivity contribution in [2.75, 3.05) is 9.80 Å². The molecule has 0 aliphatic heterocycles. The fourth-order valence-electron chi connectivity index (χ4n) is 11.3. The van der Waals surface area contributed by atoms with E-state index in [1.165, 1.54) is 53.8 Å². The average molecular weight is 973 g/mol. The van der Waals surface area contributed by atoms with E-state index in [-0.39, 0.29) is 10.8 Å². The van der Waals surface area contributed by atoms with Gasteiger partial charge in [0.05, 0.1) is 38.9 Å². The van der Waals surface area contributed by atoms with Crippen LogP contribution in [0.2, 0.25) is 39.3 Å². The quantitative estimate of drug-likeness (QED) is 0.112. The van der Waals surface area contributed by atoms with Gasteiger partial charge in [-0.15, -0.1) is 0 Å². The second-order valence-electron chi connectivity index (χ2n) is 24.2. The van der Waals surface area contributed by atoms with Crippen molar-refractivity contribution in [3.8, 4) is 0 Å². The summed E-state index contributed by atoms with van der Waals surface area (Å²) in [6, 6.07) is 63.8. The zero-order valence-corrected chi connectivity index (χ0v) is 45.9. The van der Waals surface area contributed by atoms with Crippen molar-refractivity contribution in [1.29, 1.82) is 0 Å². The first-order valence-electron chi connectivity index (χ1n) is 25.7. The fourth-order valence-corrected chi connectivity index (χ4v) is 13.7. The Morgan fingerprint density at radius 2 is 0.653 bits per heavy atom. The number of anilines is 6. The second kappa shape index (κ2) is 16.2. The fraction of sp³-hybridized carbons (Fsp3) is 0.212. The number of hydrogen-bond acceptors (Lipinski definition) is 4. The van der Waals surface area contributed by atoms with Gasteiger partial charge in [0.1, 0.15) is 11.2 Å². The van der Waals surface area contributed by atoms with Gasteiger partial charge >= 0.3 is 0 Å². The zero-order valence-electron chi connectivity index (χ0n) is 43.9. The topological polar surface area (TPSA) is 32.8 Å². The van der Waals surface area contributed by atoms with Crippen molar-refractivity contribution in [2.45, 2.75) is 91.7 Å². The molecular formula is C66H64N2O2Si2. The van der Waals surface area contributed by atoms with E-state index in [9.17, 15) is 0 Å². The van der Waals surface area contributed by atoms with Gasteiger partial charge < -0.3 is 18.6 Å². The molecule has 0 aliphatic carbocycles. The third kappa shape index (κ3) is 7.36. The van der Waals surface area contributed by atoms with Gasteiger partial charge in [-0.3, -0.25) is 0 Å². The summed E-state index contributed by atoms with van der Waals surface area (Å²) in [6.45, 7) is 28.1. The first kappa shape index (κ1) is 46.0. The largest absolute Gasteiger partial charge is 0.454 e. The minimum atomic E-state index is -1.58. The molecular weight excluding hydrogens is 909 g/mol. The molecule has 0 saturated heterocycles. The summed E-state index contributed by atoms with van der Waals surface area (Å²) in [4.78, 5) is 4.89. The molecule has 0 unspecified atom stereocenters. The van der Waals surface area contributed by atoms with E-state index in [0.717, 1.165) is 78.0 Å². The van der Waals surface area contributed by atoms with E-state index in [1.807, 2.05) is 0 Å². The van der Waals surface area contributed by atoms with Crippen LogP contribution in [0.5, 0.6) is 0 Å². The van der Waals surface area contributed by atoms with Crippen molar-refractivity contribution < 1.29 is 8.83 Å². The SMILES string of the molecule is CC(C)(C)c1cccc2c1oc1c(N(c3ccc([Si](C)(C)C)cc3)c3ccc4ccc5c(N(c6ccc([Si](C)(C)C)cc6)c6cccc7c6oc6c(C(C)(C)C)cccc67)ccc6ccc3c4c65)cccc12. The van der Waals surface area contributed by atoms with E-state index in [0.29, 0.717) is 0 Å². The van der Waals surface area contributed by atoms with E-state index in [4.69, 9.17) is 8.83 Å². The summed E-state index contributed by atoms with van der Waals surface area (Å²) < 4.78 is 14.3. The average Bonchev–Trinajstić information content (AvgIpc) is 3.93. The molecule has 0 amide bonds. The Hall–Kier alpha value is -7.13. The molecule has 4 nitrogen and oxygen atoms in total. The molecule has 0 fully saturated rings. The molecule has 0 aliphatic rings. The lowest BCUT2D eigenvalue weighted by molar-refractivity contribution is 0.572. The van der Waals surface area contributed by atoms with Crippen LogP contribution in [-0.4, -0.2) is 16.1 Å². The van der Waals surface area contributed by atoms with Gasteiger partial charge in [-0.05, 0) is 80.9 Å². The molecule has 0 spiro atoms. The summed E-state index contributed by atoms with van der Waals surface area (Å²) in [6.07, 6.45) is 0. The maximum atomic E-state index is 7.15. The lowest BCUT2D eigenvalue weighted by Crippen LogP contribution is -2.37. The van der Waals surface area contributed by atoms with Crippen molar-refractivity contribution in [3.63, 3.8) is 0 Å². The maximum Gasteiger partial charge on any atom is 0.159 e. The standard InChI is InChI=1S/C66H64N2O2Si2/c1-65(2,3)53-21-13-17-47-49-19-15-23-57(63(49)69-61(47)53)67(43-29-33-45(34-30-43)71(7,8)9)55-39-27-41-26-38-52-56(40-28-42-25-37-51(55)59(41)60(42)52)68(44-31-35-46(36-32-44)72(10,11)12)58-24-16-20-50-48-18-14-22-54(66(4,5)6)62(48)70-64(50)58/h13-40H,1-12H3. The Morgan fingerprint density at radius 3 is 1.00 bits per heavy atom. The molecule has 0 atom stereocenters. The van der Waals surface area contributed by atoms with Gasteiger partial charge in [-0.1, -0.05) is 213 Å². The van der Waals surface area contributed by atoms with E-state index < -0.39 is 16.1 Å². The molecule has 72 heavy (non-hydrogen) atoms. The highest BCUT2D eigenvalue weighted by Crippen LogP contribution is 2.51. The van der Waals surface area contributed by atoms with Crippen molar-refractivity contribution >= 4 is 137 Å². The van der Waals surface area contributed by atoms with Gasteiger partial charge in [0.15, 0.2) is 11.2 Å². The zero-order chi connectivity index (χ0) is 50.2. The highest BCUT2D eigenvalue weighted by atomic mass is 28.3. The monoisotopic (exact) mass is 972 g/mol. The predicted octanol–water partition coefficient (Wildman–Crippen LogP) is 19.0. The third-order valence-electron chi connectivity index (χ3n) is 15.2. The normalized spacial score (nSPS) is 13.0. The second-order valence-corrected chi connectivity index (χ2v) is 34.4. The molecule has 0 saturated carbocycles. The smallest absolute Gasteiger partial charge is 0.159 e. The Balaban J connectivity index is 1.12. The Kier molecular flexibility index (Phi) is 10.3. The predicted molar refractivity (Wildman–Crippen MR) is 317 cm³/mol. The summed E-state index contributed by atoms with van der Waals surface area (Å²) in [5.74, 6) is 0. The van der Waals surface area contributed by atoms with E-state index in [1.54, 1.807) is 0 Å². The minimum Gasteiger partial charge on any atom is -0.454 e. The van der Waals surface area contributed by atoms with Crippen LogP contribution in [0.4, 0.5) is 34.1 Å². The first-order valence-corrected chi connectivity index (χ1v) is 32.7. The van der Waals surface area contributed by atoms with Crippen LogP contribution in [0.15, 0.2) is 179 Å². The van der Waals surface area contributed by atoms with Crippen LogP contribution < -0.4 is 20.2 Å². The van der Waals surface area contributed by atoms with E-state index in [2.05, 4.69) is 260 Å². The van der Waals surface area contributed by atoms with Crippen LogP contribution in [0, 0.1) is 0 Å². The lowest BCUT2D eigenvalue weighted by atomic mass is 9.86. The molecule has 2 heterocycles. The summed E-state index contributed by atoms with van der Waals surface area (Å²) >= 11 is 0. The van der Waals surface area contributed by atoms with Gasteiger partial charge in [-0.2, -0.15) is 0 Å². The Bertz CT molecular complexity index is 3810. The van der Waals surface area contributed by atoms with Crippen molar-refractivity contribution in [2.24, 2.45) is 0 Å². The molecule has 10 aromatic carbocycles. The van der Waals surface area contributed by atoms with Crippen LogP contribution in [0.1, 0.15) is 52.7 Å². The molecule has 2 aromatic heterocycles. The van der Waals surface area contributed by atoms with Crippen molar-refractivity contribution in [1.82, 2.24) is 0 Å². The highest BCUT2D eigenvalue weighted by molar-refractivity contribution is 6.89. The molecule has 12 aromatic rings. The van der Waals surface area contributed by atoms with E-state index >= 15 is 0 Å². The Labute approximate surface area is 425 Å². The Morgan fingerprint density at radius 1 is 0.319 bits per heavy atom. The number of benzene rings is 10. The molecule has 6 heteroatoms. The number of nitrogens with zero attached hydrogens (tertiary/aromatic N) is 2. The molecule has 0 bridgehead atoms. The number of para-hydroxylation sites is 4. The molecule has 0 N–H and O–H groups in total. The third-order valence-corrected chi connectivity index (χ3v) is 19.3. The van der Waals surface area contributed by atoms with Gasteiger partial charge in [0, 0.05) is 54.8 Å². The van der Waals surface area contributed by atoms with Gasteiger partial charge in [0.2, 0.25) is 0 Å². The molecule has 358 valence electrons. The summed E-state index contributed by atoms with van der Waals surface area (Å²) in [7, 11) is -3.17. The summed E-state index contributed by atoms with van der Waals surface area (Å²) in [5, 5.41) is 14.6. The van der Waals surface area contributed by atoms with Crippen LogP contribution in [0.25, 0.3) is 76.2 Å².